The second-order valence-corrected chi connectivity index (χ2v) is 5.78. The number of nitrogens with one attached hydrogen (secondary N) is 2. The van der Waals surface area contributed by atoms with Crippen LogP contribution in [-0.2, 0) is 9.59 Å². The molecule has 0 saturated carbocycles. The van der Waals surface area contributed by atoms with Gasteiger partial charge in [-0.15, -0.1) is 0 Å². The summed E-state index contributed by atoms with van der Waals surface area (Å²) in [6.45, 7) is 6.94. The summed E-state index contributed by atoms with van der Waals surface area (Å²) in [5.41, 5.74) is 5.63. The monoisotopic (exact) mass is 298 g/mol. The van der Waals surface area contributed by atoms with Crippen molar-refractivity contribution in [2.24, 2.45) is 11.7 Å². The quantitative estimate of drug-likeness (QED) is 0.526. The second kappa shape index (κ2) is 9.73. The number of carbonyl (C=O) groups excluding carboxylic acids is 2. The first kappa shape index (κ1) is 17.9. The summed E-state index contributed by atoms with van der Waals surface area (Å²) in [6, 6.07) is -0.104. The molecule has 4 N–H and O–H groups in total. The predicted molar refractivity (Wildman–Crippen MR) is 83.7 cm³/mol. The molecule has 2 amide bonds. The first-order chi connectivity index (χ1) is 10.2. The molecule has 0 bridgehead atoms. The summed E-state index contributed by atoms with van der Waals surface area (Å²) in [6.07, 6.45) is 4.37. The van der Waals surface area contributed by atoms with Crippen LogP contribution >= 0.6 is 0 Å². The SMILES string of the molecule is CCC(CC)CN1CC[C@@H](CNC=O)N[C@@H](CCN)C1=O. The topological polar surface area (TPSA) is 87.5 Å². The summed E-state index contributed by atoms with van der Waals surface area (Å²) in [5.74, 6) is 0.707. The lowest BCUT2D eigenvalue weighted by molar-refractivity contribution is -0.133. The van der Waals surface area contributed by atoms with Gasteiger partial charge in [-0.25, -0.2) is 0 Å². The third-order valence-corrected chi connectivity index (χ3v) is 4.33. The fourth-order valence-electron chi connectivity index (χ4n) is 2.85. The van der Waals surface area contributed by atoms with Gasteiger partial charge in [-0.3, -0.25) is 9.59 Å². The number of rotatable bonds is 9. The lowest BCUT2D eigenvalue weighted by Crippen LogP contribution is -2.49. The molecule has 6 heteroatoms. The van der Waals surface area contributed by atoms with Crippen LogP contribution in [0, 0.1) is 5.92 Å². The van der Waals surface area contributed by atoms with Crippen molar-refractivity contribution in [1.82, 2.24) is 15.5 Å². The van der Waals surface area contributed by atoms with E-state index in [0.717, 1.165) is 32.4 Å². The number of hydrogen-bond donors (Lipinski definition) is 3. The van der Waals surface area contributed by atoms with Gasteiger partial charge in [-0.1, -0.05) is 26.7 Å². The van der Waals surface area contributed by atoms with Crippen LogP contribution < -0.4 is 16.4 Å². The molecule has 122 valence electrons. The van der Waals surface area contributed by atoms with Crippen molar-refractivity contribution < 1.29 is 9.59 Å². The minimum Gasteiger partial charge on any atom is -0.357 e. The van der Waals surface area contributed by atoms with Crippen LogP contribution in [0.3, 0.4) is 0 Å². The zero-order chi connectivity index (χ0) is 15.7. The highest BCUT2D eigenvalue weighted by molar-refractivity contribution is 5.82. The van der Waals surface area contributed by atoms with Gasteiger partial charge in [0.15, 0.2) is 0 Å². The smallest absolute Gasteiger partial charge is 0.239 e. The Morgan fingerprint density at radius 1 is 1.48 bits per heavy atom. The Labute approximate surface area is 127 Å². The van der Waals surface area contributed by atoms with Crippen molar-refractivity contribution >= 4 is 12.3 Å². The van der Waals surface area contributed by atoms with Crippen molar-refractivity contribution in [3.05, 3.63) is 0 Å². The van der Waals surface area contributed by atoms with Gasteiger partial charge in [0.1, 0.15) is 0 Å². The van der Waals surface area contributed by atoms with Crippen molar-refractivity contribution in [3.63, 3.8) is 0 Å². The zero-order valence-electron chi connectivity index (χ0n) is 13.3. The molecule has 0 aromatic rings. The molecule has 0 radical (unpaired) electrons. The standard InChI is InChI=1S/C15H30N4O2/c1-3-12(4-2)10-19-8-6-13(9-17-11-20)18-14(5-7-16)15(19)21/h11-14,18H,3-10,16H2,1-2H3,(H,17,20)/t13-,14-/m0/s1. The van der Waals surface area contributed by atoms with Gasteiger partial charge in [0.05, 0.1) is 6.04 Å². The van der Waals surface area contributed by atoms with E-state index >= 15 is 0 Å². The van der Waals surface area contributed by atoms with E-state index in [1.165, 1.54) is 0 Å². The second-order valence-electron chi connectivity index (χ2n) is 5.78. The van der Waals surface area contributed by atoms with Crippen molar-refractivity contribution in [2.45, 2.75) is 51.6 Å². The minimum atomic E-state index is -0.231. The fraction of sp³-hybridized carbons (Fsp3) is 0.867. The molecule has 0 aliphatic carbocycles. The average Bonchev–Trinajstić information content (AvgIpc) is 2.64. The molecule has 1 rings (SSSR count). The summed E-state index contributed by atoms with van der Waals surface area (Å²) in [5, 5.41) is 6.05. The van der Waals surface area contributed by atoms with E-state index in [-0.39, 0.29) is 18.0 Å². The van der Waals surface area contributed by atoms with Crippen LogP contribution in [0.4, 0.5) is 0 Å². The third-order valence-electron chi connectivity index (χ3n) is 4.33. The van der Waals surface area contributed by atoms with E-state index in [1.807, 2.05) is 4.90 Å². The number of nitrogens with zero attached hydrogens (tertiary/aromatic N) is 1. The molecule has 1 fully saturated rings. The molecule has 0 aromatic heterocycles. The number of nitrogens with two attached hydrogens (primary N) is 1. The van der Waals surface area contributed by atoms with E-state index in [1.54, 1.807) is 0 Å². The van der Waals surface area contributed by atoms with E-state index in [0.29, 0.717) is 31.8 Å². The molecule has 1 aliphatic rings. The van der Waals surface area contributed by atoms with Crippen molar-refractivity contribution in [3.8, 4) is 0 Å². The van der Waals surface area contributed by atoms with E-state index in [4.69, 9.17) is 5.73 Å². The Balaban J connectivity index is 2.71. The number of carbonyl (C=O) groups is 2. The van der Waals surface area contributed by atoms with Crippen LogP contribution in [0.5, 0.6) is 0 Å². The highest BCUT2D eigenvalue weighted by Gasteiger charge is 2.30. The molecule has 21 heavy (non-hydrogen) atoms. The molecular formula is C15H30N4O2. The Morgan fingerprint density at radius 3 is 2.76 bits per heavy atom. The maximum absolute atomic E-state index is 12.6. The van der Waals surface area contributed by atoms with E-state index in [2.05, 4.69) is 24.5 Å². The maximum atomic E-state index is 12.6. The van der Waals surface area contributed by atoms with Crippen LogP contribution in [0.1, 0.15) is 39.5 Å². The van der Waals surface area contributed by atoms with Crippen molar-refractivity contribution in [2.75, 3.05) is 26.2 Å². The van der Waals surface area contributed by atoms with Gasteiger partial charge in [0, 0.05) is 25.7 Å². The molecule has 0 aromatic carbocycles. The van der Waals surface area contributed by atoms with Gasteiger partial charge in [-0.2, -0.15) is 0 Å². The fourth-order valence-corrected chi connectivity index (χ4v) is 2.85. The van der Waals surface area contributed by atoms with Crippen LogP contribution in [0.15, 0.2) is 0 Å². The molecule has 1 saturated heterocycles. The molecule has 0 spiro atoms. The Kier molecular flexibility index (Phi) is 8.30. The van der Waals surface area contributed by atoms with Gasteiger partial charge in [0.2, 0.25) is 12.3 Å². The van der Waals surface area contributed by atoms with Gasteiger partial charge < -0.3 is 21.3 Å². The highest BCUT2D eigenvalue weighted by atomic mass is 16.2. The first-order valence-corrected chi connectivity index (χ1v) is 8.08. The van der Waals surface area contributed by atoms with E-state index < -0.39 is 0 Å². The number of hydrogen-bond acceptors (Lipinski definition) is 4. The van der Waals surface area contributed by atoms with Gasteiger partial charge in [-0.05, 0) is 25.3 Å². The lowest BCUT2D eigenvalue weighted by atomic mass is 10.0. The summed E-state index contributed by atoms with van der Waals surface area (Å²) >= 11 is 0. The Bertz CT molecular complexity index is 321. The van der Waals surface area contributed by atoms with Crippen LogP contribution in [0.25, 0.3) is 0 Å². The molecular weight excluding hydrogens is 268 g/mol. The lowest BCUT2D eigenvalue weighted by Gasteiger charge is -2.27. The molecule has 2 atom stereocenters. The first-order valence-electron chi connectivity index (χ1n) is 8.08. The zero-order valence-corrected chi connectivity index (χ0v) is 13.3. The minimum absolute atomic E-state index is 0.127. The van der Waals surface area contributed by atoms with Gasteiger partial charge >= 0.3 is 0 Å². The van der Waals surface area contributed by atoms with Crippen molar-refractivity contribution in [1.29, 1.82) is 0 Å². The van der Waals surface area contributed by atoms with Gasteiger partial charge in [0.25, 0.3) is 0 Å². The van der Waals surface area contributed by atoms with Crippen LogP contribution in [0.2, 0.25) is 0 Å². The summed E-state index contributed by atoms with van der Waals surface area (Å²) < 4.78 is 0. The Morgan fingerprint density at radius 2 is 2.19 bits per heavy atom. The normalized spacial score (nSPS) is 23.2. The van der Waals surface area contributed by atoms with E-state index in [9.17, 15) is 9.59 Å². The molecule has 1 heterocycles. The molecule has 1 aliphatic heterocycles. The Hall–Kier alpha value is -1.14. The highest BCUT2D eigenvalue weighted by Crippen LogP contribution is 2.15. The maximum Gasteiger partial charge on any atom is 0.239 e. The predicted octanol–water partition coefficient (Wildman–Crippen LogP) is 0.0765. The molecule has 6 nitrogen and oxygen atoms in total. The summed E-state index contributed by atoms with van der Waals surface area (Å²) in [4.78, 5) is 25.1. The molecule has 0 unspecified atom stereocenters. The average molecular weight is 298 g/mol. The van der Waals surface area contributed by atoms with Crippen LogP contribution in [-0.4, -0.2) is 55.5 Å². The largest absolute Gasteiger partial charge is 0.357 e. The third kappa shape index (κ3) is 5.63. The number of amides is 2. The summed E-state index contributed by atoms with van der Waals surface area (Å²) in [7, 11) is 0.